The highest BCUT2D eigenvalue weighted by molar-refractivity contribution is 5.92. The van der Waals surface area contributed by atoms with Crippen LogP contribution in [-0.2, 0) is 25.5 Å². The molecule has 1 aromatic carbocycles. The first kappa shape index (κ1) is 28.1. The van der Waals surface area contributed by atoms with Gasteiger partial charge in [0.2, 0.25) is 11.8 Å². The number of carbonyl (C=O) groups is 3. The van der Waals surface area contributed by atoms with Gasteiger partial charge in [0.05, 0.1) is 7.11 Å². The third-order valence-electron chi connectivity index (χ3n) is 8.49. The lowest BCUT2D eigenvalue weighted by Crippen LogP contribution is -2.53. The number of likely N-dealkylation sites (tertiary alicyclic amines) is 1. The Morgan fingerprint density at radius 1 is 1.03 bits per heavy atom. The molecule has 1 saturated heterocycles. The minimum absolute atomic E-state index is 0.0201. The summed E-state index contributed by atoms with van der Waals surface area (Å²) in [6.07, 6.45) is 16.6. The van der Waals surface area contributed by atoms with Gasteiger partial charge < -0.3 is 15.0 Å². The van der Waals surface area contributed by atoms with Crippen LogP contribution >= 0.6 is 0 Å². The van der Waals surface area contributed by atoms with Crippen LogP contribution in [0.4, 0.5) is 0 Å². The number of nitrogens with one attached hydrogen (secondary N) is 1. The normalized spacial score (nSPS) is 23.6. The molecule has 0 unspecified atom stereocenters. The van der Waals surface area contributed by atoms with Crippen molar-refractivity contribution in [3.63, 3.8) is 0 Å². The Hall–Kier alpha value is -2.89. The van der Waals surface area contributed by atoms with E-state index in [2.05, 4.69) is 29.6 Å². The summed E-state index contributed by atoms with van der Waals surface area (Å²) in [5, 5.41) is 3.03. The highest BCUT2D eigenvalue weighted by atomic mass is 16.5. The number of hydrogen-bond donors (Lipinski definition) is 1. The first-order valence-corrected chi connectivity index (χ1v) is 14.6. The molecule has 1 aliphatic heterocycles. The van der Waals surface area contributed by atoms with Crippen LogP contribution in [0.15, 0.2) is 53.8 Å². The SMILES string of the molecule is COC(=O)[C@]12CCCCC=C1N(CCC1=CCCCC1)C(=O)[C@H](CC(=O)NCCCCc1ccccc1)C2. The number of rotatable bonds is 11. The first-order valence-electron chi connectivity index (χ1n) is 14.6. The zero-order valence-electron chi connectivity index (χ0n) is 23.0. The maximum Gasteiger partial charge on any atom is 0.317 e. The number of nitrogens with zero attached hydrogens (tertiary/aromatic N) is 1. The number of unbranched alkanes of at least 4 members (excludes halogenated alkanes) is 1. The lowest BCUT2D eigenvalue weighted by molar-refractivity contribution is -0.159. The van der Waals surface area contributed by atoms with Gasteiger partial charge in [0, 0.05) is 31.1 Å². The summed E-state index contributed by atoms with van der Waals surface area (Å²) in [7, 11) is 1.43. The van der Waals surface area contributed by atoms with Crippen molar-refractivity contribution in [3.8, 4) is 0 Å². The summed E-state index contributed by atoms with van der Waals surface area (Å²) in [6.45, 7) is 1.16. The van der Waals surface area contributed by atoms with Gasteiger partial charge in [-0.1, -0.05) is 54.5 Å². The molecule has 2 amide bonds. The largest absolute Gasteiger partial charge is 0.468 e. The number of piperidine rings is 1. The number of hydrogen-bond acceptors (Lipinski definition) is 4. The van der Waals surface area contributed by atoms with Gasteiger partial charge in [-0.2, -0.15) is 0 Å². The molecule has 3 aliphatic rings. The molecule has 1 heterocycles. The number of methoxy groups -OCH3 is 1. The van der Waals surface area contributed by atoms with E-state index in [-0.39, 0.29) is 24.2 Å². The van der Waals surface area contributed by atoms with Gasteiger partial charge in [0.25, 0.3) is 0 Å². The van der Waals surface area contributed by atoms with Crippen LogP contribution in [0.25, 0.3) is 0 Å². The number of amides is 2. The van der Waals surface area contributed by atoms with Crippen molar-refractivity contribution in [2.45, 2.75) is 89.9 Å². The molecular weight excluding hydrogens is 476 g/mol. The van der Waals surface area contributed by atoms with E-state index in [4.69, 9.17) is 4.74 Å². The number of ether oxygens (including phenoxy) is 1. The van der Waals surface area contributed by atoms with E-state index in [0.717, 1.165) is 63.5 Å². The average molecular weight is 521 g/mol. The molecule has 206 valence electrons. The summed E-state index contributed by atoms with van der Waals surface area (Å²) >= 11 is 0. The molecule has 1 aromatic rings. The third kappa shape index (κ3) is 6.95. The van der Waals surface area contributed by atoms with E-state index in [1.165, 1.54) is 31.1 Å². The molecular formula is C32H44N2O4. The Labute approximate surface area is 227 Å². The van der Waals surface area contributed by atoms with Gasteiger partial charge in [0.15, 0.2) is 0 Å². The minimum atomic E-state index is -0.846. The molecule has 0 aromatic heterocycles. The standard InChI is InChI=1S/C32H44N2O4/c1-38-31(37)32-20-11-4-9-18-28(32)34(22-19-26-15-7-3-8-16-26)30(36)27(24-32)23-29(35)33-21-12-10-17-25-13-5-2-6-14-25/h2,5-6,13-15,18,27H,3-4,7-12,16-17,19-24H2,1H3,(H,33,35)/t27-,32+/m1/s1. The predicted octanol–water partition coefficient (Wildman–Crippen LogP) is 5.87. The third-order valence-corrected chi connectivity index (χ3v) is 8.49. The summed E-state index contributed by atoms with van der Waals surface area (Å²) in [5.74, 6) is -0.923. The van der Waals surface area contributed by atoms with E-state index in [1.54, 1.807) is 0 Å². The van der Waals surface area contributed by atoms with Crippen LogP contribution in [0.2, 0.25) is 0 Å². The van der Waals surface area contributed by atoms with Gasteiger partial charge in [0.1, 0.15) is 5.41 Å². The zero-order valence-corrected chi connectivity index (χ0v) is 23.0. The van der Waals surface area contributed by atoms with Crippen molar-refractivity contribution >= 4 is 17.8 Å². The van der Waals surface area contributed by atoms with Crippen LogP contribution in [0.5, 0.6) is 0 Å². The molecule has 0 radical (unpaired) electrons. The van der Waals surface area contributed by atoms with Crippen LogP contribution in [-0.4, -0.2) is 42.9 Å². The van der Waals surface area contributed by atoms with Crippen molar-refractivity contribution in [3.05, 3.63) is 59.3 Å². The Bertz CT molecular complexity index is 1030. The molecule has 38 heavy (non-hydrogen) atoms. The van der Waals surface area contributed by atoms with Crippen LogP contribution in [0.1, 0.15) is 89.0 Å². The topological polar surface area (TPSA) is 75.7 Å². The van der Waals surface area contributed by atoms with Crippen molar-refractivity contribution in [1.29, 1.82) is 0 Å². The highest BCUT2D eigenvalue weighted by Crippen LogP contribution is 2.49. The molecule has 1 fully saturated rings. The minimum Gasteiger partial charge on any atom is -0.468 e. The maximum absolute atomic E-state index is 13.8. The Balaban J connectivity index is 1.42. The smallest absolute Gasteiger partial charge is 0.317 e. The molecule has 0 saturated carbocycles. The van der Waals surface area contributed by atoms with Crippen LogP contribution in [0, 0.1) is 11.3 Å². The number of esters is 1. The highest BCUT2D eigenvalue weighted by Gasteiger charge is 2.53. The molecule has 4 rings (SSSR count). The quantitative estimate of drug-likeness (QED) is 0.225. The summed E-state index contributed by atoms with van der Waals surface area (Å²) in [6, 6.07) is 10.4. The van der Waals surface area contributed by atoms with Crippen molar-refractivity contribution in [2.75, 3.05) is 20.2 Å². The van der Waals surface area contributed by atoms with Gasteiger partial charge in [-0.25, -0.2) is 0 Å². The summed E-state index contributed by atoms with van der Waals surface area (Å²) in [5.41, 5.74) is 2.68. The molecule has 1 N–H and O–H groups in total. The van der Waals surface area contributed by atoms with Gasteiger partial charge >= 0.3 is 5.97 Å². The molecule has 6 nitrogen and oxygen atoms in total. The summed E-state index contributed by atoms with van der Waals surface area (Å²) < 4.78 is 5.34. The fourth-order valence-electron chi connectivity index (χ4n) is 6.44. The second kappa shape index (κ2) is 13.8. The van der Waals surface area contributed by atoms with E-state index in [0.29, 0.717) is 25.9 Å². The predicted molar refractivity (Wildman–Crippen MR) is 149 cm³/mol. The fourth-order valence-corrected chi connectivity index (χ4v) is 6.44. The second-order valence-corrected chi connectivity index (χ2v) is 11.2. The van der Waals surface area contributed by atoms with Crippen LogP contribution < -0.4 is 5.32 Å². The van der Waals surface area contributed by atoms with E-state index in [9.17, 15) is 14.4 Å². The van der Waals surface area contributed by atoms with Gasteiger partial charge in [-0.15, -0.1) is 0 Å². The van der Waals surface area contributed by atoms with Gasteiger partial charge in [-0.3, -0.25) is 14.4 Å². The van der Waals surface area contributed by atoms with Crippen molar-refractivity contribution in [2.24, 2.45) is 11.3 Å². The number of carbonyl (C=O) groups excluding carboxylic acids is 3. The molecule has 2 atom stereocenters. The van der Waals surface area contributed by atoms with Crippen molar-refractivity contribution < 1.29 is 19.1 Å². The number of fused-ring (bicyclic) bond motifs is 1. The lowest BCUT2D eigenvalue weighted by Gasteiger charge is -2.46. The first-order chi connectivity index (χ1) is 18.5. The summed E-state index contributed by atoms with van der Waals surface area (Å²) in [4.78, 5) is 41.9. The molecule has 0 spiro atoms. The maximum atomic E-state index is 13.8. The van der Waals surface area contributed by atoms with E-state index in [1.807, 2.05) is 23.1 Å². The van der Waals surface area contributed by atoms with Crippen molar-refractivity contribution in [1.82, 2.24) is 10.2 Å². The van der Waals surface area contributed by atoms with Crippen LogP contribution in [0.3, 0.4) is 0 Å². The Kier molecular flexibility index (Phi) is 10.2. The molecule has 6 heteroatoms. The second-order valence-electron chi connectivity index (χ2n) is 11.2. The fraction of sp³-hybridized carbons (Fsp3) is 0.594. The monoisotopic (exact) mass is 520 g/mol. The lowest BCUT2D eigenvalue weighted by atomic mass is 9.69. The molecule has 0 bridgehead atoms. The number of allylic oxidation sites excluding steroid dienone is 2. The number of benzene rings is 1. The van der Waals surface area contributed by atoms with E-state index >= 15 is 0 Å². The molecule has 2 aliphatic carbocycles. The number of aryl methyl sites for hydroxylation is 1. The average Bonchev–Trinajstić information content (AvgIpc) is 3.17. The van der Waals surface area contributed by atoms with E-state index < -0.39 is 11.3 Å². The zero-order chi connectivity index (χ0) is 26.8. The Morgan fingerprint density at radius 2 is 1.82 bits per heavy atom. The Morgan fingerprint density at radius 3 is 2.58 bits per heavy atom. The van der Waals surface area contributed by atoms with Gasteiger partial charge in [-0.05, 0) is 82.6 Å².